The predicted molar refractivity (Wildman–Crippen MR) is 82.5 cm³/mol. The van der Waals surface area contributed by atoms with E-state index in [1.807, 2.05) is 24.3 Å². The Morgan fingerprint density at radius 1 is 1.29 bits per heavy atom. The maximum Gasteiger partial charge on any atom is 0.0897 e. The number of ether oxygens (including phenoxy) is 2. The van der Waals surface area contributed by atoms with Gasteiger partial charge in [-0.3, -0.25) is 0 Å². The molecule has 3 N–H and O–H groups in total. The zero-order chi connectivity index (χ0) is 15.5. The molecule has 6 heteroatoms. The maximum absolute atomic E-state index is 9.86. The van der Waals surface area contributed by atoms with Crippen LogP contribution in [-0.4, -0.2) is 55.8 Å². The summed E-state index contributed by atoms with van der Waals surface area (Å²) in [4.78, 5) is 0. The lowest BCUT2D eigenvalue weighted by atomic mass is 10.2. The third kappa shape index (κ3) is 7.76. The van der Waals surface area contributed by atoms with Gasteiger partial charge in [-0.2, -0.15) is 0 Å². The Labute approximate surface area is 130 Å². The van der Waals surface area contributed by atoms with E-state index in [9.17, 15) is 5.11 Å². The number of aliphatic hydroxyl groups is 2. The van der Waals surface area contributed by atoms with E-state index in [2.05, 4.69) is 5.32 Å². The van der Waals surface area contributed by atoms with Crippen LogP contribution in [-0.2, 0) is 16.1 Å². The lowest BCUT2D eigenvalue weighted by Gasteiger charge is -2.19. The van der Waals surface area contributed by atoms with E-state index >= 15 is 0 Å². The number of halogens is 1. The maximum atomic E-state index is 9.86. The summed E-state index contributed by atoms with van der Waals surface area (Å²) in [7, 11) is 1.61. The summed E-state index contributed by atoms with van der Waals surface area (Å²) in [5, 5.41) is 22.6. The van der Waals surface area contributed by atoms with Gasteiger partial charge < -0.3 is 25.0 Å². The fourth-order valence-electron chi connectivity index (χ4n) is 1.88. The van der Waals surface area contributed by atoms with Gasteiger partial charge in [0.05, 0.1) is 25.9 Å². The summed E-state index contributed by atoms with van der Waals surface area (Å²) in [5.74, 6) is 0. The third-order valence-electron chi connectivity index (χ3n) is 3.01. The highest BCUT2D eigenvalue weighted by Gasteiger charge is 2.11. The van der Waals surface area contributed by atoms with Crippen LogP contribution in [0.1, 0.15) is 12.0 Å². The van der Waals surface area contributed by atoms with E-state index in [0.717, 1.165) is 5.56 Å². The van der Waals surface area contributed by atoms with Crippen molar-refractivity contribution < 1.29 is 19.7 Å². The summed E-state index contributed by atoms with van der Waals surface area (Å²) < 4.78 is 10.5. The fraction of sp³-hybridized carbons (Fsp3) is 0.600. The molecule has 1 aromatic carbocycles. The average molecular weight is 318 g/mol. The molecule has 0 saturated heterocycles. The van der Waals surface area contributed by atoms with Crippen LogP contribution in [0.2, 0.25) is 5.02 Å². The molecule has 0 radical (unpaired) electrons. The van der Waals surface area contributed by atoms with Gasteiger partial charge in [0, 0.05) is 31.3 Å². The third-order valence-corrected chi connectivity index (χ3v) is 3.38. The van der Waals surface area contributed by atoms with Gasteiger partial charge in [-0.05, 0) is 18.1 Å². The van der Waals surface area contributed by atoms with Crippen molar-refractivity contribution in [2.24, 2.45) is 0 Å². The molecule has 0 aliphatic rings. The molecule has 21 heavy (non-hydrogen) atoms. The summed E-state index contributed by atoms with van der Waals surface area (Å²) in [6, 6.07) is 7.48. The van der Waals surface area contributed by atoms with Crippen LogP contribution in [0.3, 0.4) is 0 Å². The number of methoxy groups -OCH3 is 1. The molecule has 0 aliphatic carbocycles. The van der Waals surface area contributed by atoms with Crippen molar-refractivity contribution >= 4 is 11.6 Å². The van der Waals surface area contributed by atoms with Crippen molar-refractivity contribution in [1.29, 1.82) is 0 Å². The highest BCUT2D eigenvalue weighted by Crippen LogP contribution is 2.15. The van der Waals surface area contributed by atoms with E-state index in [1.165, 1.54) is 0 Å². The summed E-state index contributed by atoms with van der Waals surface area (Å²) in [6.45, 7) is 1.55. The minimum absolute atomic E-state index is 0.0261. The van der Waals surface area contributed by atoms with Gasteiger partial charge in [-0.25, -0.2) is 0 Å². The normalized spacial score (nSPS) is 14.1. The van der Waals surface area contributed by atoms with Crippen molar-refractivity contribution in [2.45, 2.75) is 25.2 Å². The first-order valence-electron chi connectivity index (χ1n) is 6.99. The van der Waals surface area contributed by atoms with E-state index in [0.29, 0.717) is 31.2 Å². The number of hydrogen-bond donors (Lipinski definition) is 3. The molecule has 0 fully saturated rings. The van der Waals surface area contributed by atoms with Crippen LogP contribution in [0.4, 0.5) is 0 Å². The fourth-order valence-corrected chi connectivity index (χ4v) is 2.07. The zero-order valence-electron chi connectivity index (χ0n) is 12.3. The van der Waals surface area contributed by atoms with E-state index in [-0.39, 0.29) is 19.3 Å². The van der Waals surface area contributed by atoms with Crippen molar-refractivity contribution in [3.63, 3.8) is 0 Å². The van der Waals surface area contributed by atoms with Gasteiger partial charge in [0.2, 0.25) is 0 Å². The molecule has 0 amide bonds. The molecule has 0 saturated carbocycles. The van der Waals surface area contributed by atoms with Gasteiger partial charge in [-0.1, -0.05) is 29.8 Å². The van der Waals surface area contributed by atoms with Crippen molar-refractivity contribution in [2.75, 3.05) is 33.5 Å². The Morgan fingerprint density at radius 3 is 2.71 bits per heavy atom. The van der Waals surface area contributed by atoms with E-state index < -0.39 is 6.10 Å². The minimum atomic E-state index is -0.620. The van der Waals surface area contributed by atoms with Crippen molar-refractivity contribution in [3.05, 3.63) is 34.9 Å². The minimum Gasteiger partial charge on any atom is -0.396 e. The van der Waals surface area contributed by atoms with E-state index in [1.54, 1.807) is 7.11 Å². The standard InChI is InChI=1S/C15H24ClNO4/c1-20-10-13(6-7-18)17-8-14(19)11-21-9-12-4-2-3-5-15(12)16/h2-5,13-14,17-19H,6-11H2,1H3. The average Bonchev–Trinajstić information content (AvgIpc) is 2.47. The SMILES string of the molecule is COCC(CCO)NCC(O)COCc1ccccc1Cl. The van der Waals surface area contributed by atoms with Gasteiger partial charge in [0.15, 0.2) is 0 Å². The van der Waals surface area contributed by atoms with Crippen molar-refractivity contribution in [1.82, 2.24) is 5.32 Å². The zero-order valence-corrected chi connectivity index (χ0v) is 13.1. The van der Waals surface area contributed by atoms with Crippen LogP contribution >= 0.6 is 11.6 Å². The lowest BCUT2D eigenvalue weighted by molar-refractivity contribution is 0.0253. The molecule has 5 nitrogen and oxygen atoms in total. The van der Waals surface area contributed by atoms with Crippen LogP contribution in [0, 0.1) is 0 Å². The number of hydrogen-bond acceptors (Lipinski definition) is 5. The number of rotatable bonds is 11. The van der Waals surface area contributed by atoms with Gasteiger partial charge >= 0.3 is 0 Å². The molecular weight excluding hydrogens is 294 g/mol. The highest BCUT2D eigenvalue weighted by molar-refractivity contribution is 6.31. The van der Waals surface area contributed by atoms with Crippen LogP contribution in [0.25, 0.3) is 0 Å². The molecule has 0 bridgehead atoms. The Morgan fingerprint density at radius 2 is 2.05 bits per heavy atom. The quantitative estimate of drug-likeness (QED) is 0.572. The topological polar surface area (TPSA) is 71.0 Å². The van der Waals surface area contributed by atoms with Crippen LogP contribution in [0.15, 0.2) is 24.3 Å². The van der Waals surface area contributed by atoms with Crippen molar-refractivity contribution in [3.8, 4) is 0 Å². The lowest BCUT2D eigenvalue weighted by Crippen LogP contribution is -2.40. The molecule has 120 valence electrons. The molecular formula is C15H24ClNO4. The summed E-state index contributed by atoms with van der Waals surface area (Å²) in [6.07, 6.45) is -0.0355. The molecule has 2 atom stereocenters. The largest absolute Gasteiger partial charge is 0.396 e. The molecule has 2 unspecified atom stereocenters. The second-order valence-electron chi connectivity index (χ2n) is 4.83. The Balaban J connectivity index is 2.21. The van der Waals surface area contributed by atoms with Crippen LogP contribution in [0.5, 0.6) is 0 Å². The Hall–Kier alpha value is -0.690. The summed E-state index contributed by atoms with van der Waals surface area (Å²) in [5.41, 5.74) is 0.900. The second kappa shape index (κ2) is 11.0. The van der Waals surface area contributed by atoms with Gasteiger partial charge in [-0.15, -0.1) is 0 Å². The highest BCUT2D eigenvalue weighted by atomic mass is 35.5. The smallest absolute Gasteiger partial charge is 0.0897 e. The Bertz CT molecular complexity index is 386. The van der Waals surface area contributed by atoms with E-state index in [4.69, 9.17) is 26.2 Å². The van der Waals surface area contributed by atoms with Crippen LogP contribution < -0.4 is 5.32 Å². The first-order valence-corrected chi connectivity index (χ1v) is 7.37. The molecule has 0 spiro atoms. The predicted octanol–water partition coefficient (Wildman–Crippen LogP) is 1.20. The summed E-state index contributed by atoms with van der Waals surface area (Å²) >= 11 is 6.02. The number of aliphatic hydroxyl groups excluding tert-OH is 2. The number of nitrogens with one attached hydrogen (secondary N) is 1. The van der Waals surface area contributed by atoms with Gasteiger partial charge in [0.25, 0.3) is 0 Å². The Kier molecular flexibility index (Phi) is 9.58. The molecule has 0 heterocycles. The van der Waals surface area contributed by atoms with Gasteiger partial charge in [0.1, 0.15) is 0 Å². The molecule has 1 aromatic rings. The number of benzene rings is 1. The first kappa shape index (κ1) is 18.4. The molecule has 0 aromatic heterocycles. The second-order valence-corrected chi connectivity index (χ2v) is 5.24. The molecule has 0 aliphatic heterocycles. The monoisotopic (exact) mass is 317 g/mol. The molecule has 1 rings (SSSR count). The first-order chi connectivity index (χ1) is 10.2.